The molecule has 0 heteroatoms. The third kappa shape index (κ3) is 21.7. The number of hydrogen-bond donors (Lipinski definition) is 0. The van der Waals surface area contributed by atoms with Crippen molar-refractivity contribution in [1.29, 1.82) is 0 Å². The number of hydrogen-bond acceptors (Lipinski definition) is 0. The van der Waals surface area contributed by atoms with Gasteiger partial charge in [-0.3, -0.25) is 0 Å². The van der Waals surface area contributed by atoms with Gasteiger partial charge in [-0.05, 0) is 145 Å². The van der Waals surface area contributed by atoms with E-state index < -0.39 is 0 Å². The molecule has 0 aliphatic heterocycles. The molecule has 0 radical (unpaired) electrons. The Balaban J connectivity index is -0.000000261. The van der Waals surface area contributed by atoms with Crippen LogP contribution in [-0.2, 0) is 0 Å². The SMILES string of the molecule is CC.CC.CC.CC.CC.CC(C)(C)C1(C(C)(C)C)CC1.CC(C)(C)C1(C(C)(C)C)CCC1.CC(C)(C)C1(C(C)(C)C)CCCC1.CC(C)(C)C1(C(C)(C)C)CCCCC1.CC(C)(C)C1(C(C)(C)C)CCCCCC1. The molecule has 0 heterocycles. The van der Waals surface area contributed by atoms with Crippen molar-refractivity contribution in [2.45, 2.75) is 405 Å². The normalized spacial score (nSPS) is 20.8. The van der Waals surface area contributed by atoms with E-state index in [0.717, 1.165) is 0 Å². The topological polar surface area (TPSA) is 0 Å². The second-order valence-corrected chi connectivity index (χ2v) is 33.9. The van der Waals surface area contributed by atoms with Crippen molar-refractivity contribution >= 4 is 0 Å². The third-order valence-corrected chi connectivity index (χ3v) is 21.4. The predicted octanol–water partition coefficient (Wildman–Crippen LogP) is 28.3. The molecule has 0 spiro atoms. The summed E-state index contributed by atoms with van der Waals surface area (Å²) in [5.41, 5.74) is 7.52. The fourth-order valence-corrected chi connectivity index (χ4v) is 17.2. The Hall–Kier alpha value is 0. The highest BCUT2D eigenvalue weighted by atomic mass is 14.6. The van der Waals surface area contributed by atoms with E-state index in [1.807, 2.05) is 69.2 Å². The van der Waals surface area contributed by atoms with E-state index in [9.17, 15) is 0 Å². The average molecular weight is 1060 g/mol. The maximum atomic E-state index is 2.45. The molecular formula is C75H160. The first-order chi connectivity index (χ1) is 33.5. The highest BCUT2D eigenvalue weighted by molar-refractivity contribution is 5.08. The molecule has 0 aromatic carbocycles. The van der Waals surface area contributed by atoms with Crippen molar-refractivity contribution in [3.05, 3.63) is 0 Å². The molecule has 5 saturated carbocycles. The summed E-state index contributed by atoms with van der Waals surface area (Å²) in [4.78, 5) is 0. The zero-order valence-corrected chi connectivity index (χ0v) is 61.6. The van der Waals surface area contributed by atoms with Gasteiger partial charge in [0.25, 0.3) is 0 Å². The first-order valence-corrected chi connectivity index (χ1v) is 33.5. The Morgan fingerprint density at radius 3 is 0.307 bits per heavy atom. The summed E-state index contributed by atoms with van der Waals surface area (Å²) in [5.74, 6) is 0. The van der Waals surface area contributed by atoms with Crippen molar-refractivity contribution in [3.8, 4) is 0 Å². The number of rotatable bonds is 0. The maximum Gasteiger partial charge on any atom is -0.0200 e. The monoisotopic (exact) mass is 1060 g/mol. The van der Waals surface area contributed by atoms with Gasteiger partial charge in [0.1, 0.15) is 0 Å². The van der Waals surface area contributed by atoms with Gasteiger partial charge >= 0.3 is 0 Å². The van der Waals surface area contributed by atoms with Crippen molar-refractivity contribution in [1.82, 2.24) is 0 Å². The molecule has 0 saturated heterocycles. The lowest BCUT2D eigenvalue weighted by Crippen LogP contribution is -2.51. The van der Waals surface area contributed by atoms with Gasteiger partial charge in [-0.2, -0.15) is 0 Å². The van der Waals surface area contributed by atoms with Crippen LogP contribution >= 0.6 is 0 Å². The third-order valence-electron chi connectivity index (χ3n) is 21.4. The molecule has 0 aromatic rings. The van der Waals surface area contributed by atoms with E-state index in [1.165, 1.54) is 128 Å². The van der Waals surface area contributed by atoms with Crippen LogP contribution in [-0.4, -0.2) is 0 Å². The highest BCUT2D eigenvalue weighted by Gasteiger charge is 2.59. The van der Waals surface area contributed by atoms with Crippen LogP contribution in [0.2, 0.25) is 0 Å². The Kier molecular flexibility index (Phi) is 36.4. The van der Waals surface area contributed by atoms with Gasteiger partial charge in [-0.1, -0.05) is 341 Å². The van der Waals surface area contributed by atoms with Crippen LogP contribution in [0, 0.1) is 81.2 Å². The van der Waals surface area contributed by atoms with E-state index in [4.69, 9.17) is 0 Å². The van der Waals surface area contributed by atoms with Crippen molar-refractivity contribution in [2.24, 2.45) is 81.2 Å². The second kappa shape index (κ2) is 32.6. The molecule has 460 valence electrons. The van der Waals surface area contributed by atoms with Crippen LogP contribution in [0.5, 0.6) is 0 Å². The Labute approximate surface area is 484 Å². The van der Waals surface area contributed by atoms with Crippen molar-refractivity contribution in [3.63, 3.8) is 0 Å². The Bertz CT molecular complexity index is 1280. The maximum absolute atomic E-state index is 2.45. The quantitative estimate of drug-likeness (QED) is 0.212. The summed E-state index contributed by atoms with van der Waals surface area (Å²) < 4.78 is 0. The molecule has 5 rings (SSSR count). The van der Waals surface area contributed by atoms with Gasteiger partial charge in [0.15, 0.2) is 0 Å². The lowest BCUT2D eigenvalue weighted by Gasteiger charge is -2.60. The molecule has 0 atom stereocenters. The Morgan fingerprint density at radius 1 is 0.133 bits per heavy atom. The molecule has 0 N–H and O–H groups in total. The molecule has 5 aliphatic rings. The van der Waals surface area contributed by atoms with E-state index in [1.54, 1.807) is 0 Å². The molecule has 0 unspecified atom stereocenters. The highest BCUT2D eigenvalue weighted by Crippen LogP contribution is 2.68. The minimum atomic E-state index is 0.440. The molecule has 5 aliphatic carbocycles. The fraction of sp³-hybridized carbons (Fsp3) is 1.00. The summed E-state index contributed by atoms with van der Waals surface area (Å²) in [7, 11) is 0. The average Bonchev–Trinajstić information content (AvgIpc) is 3.99. The van der Waals surface area contributed by atoms with Crippen LogP contribution < -0.4 is 0 Å². The minimum Gasteiger partial charge on any atom is -0.0683 e. The lowest BCUT2D eigenvalue weighted by atomic mass is 9.45. The largest absolute Gasteiger partial charge is 0.0683 e. The van der Waals surface area contributed by atoms with Gasteiger partial charge in [0, 0.05) is 0 Å². The molecule has 0 aromatic heterocycles. The van der Waals surface area contributed by atoms with Gasteiger partial charge in [-0.15, -0.1) is 0 Å². The summed E-state index contributed by atoms with van der Waals surface area (Å²) in [6, 6.07) is 0. The smallest absolute Gasteiger partial charge is 0.0200 e. The zero-order valence-electron chi connectivity index (χ0n) is 61.6. The van der Waals surface area contributed by atoms with Crippen LogP contribution in [0.15, 0.2) is 0 Å². The van der Waals surface area contributed by atoms with Crippen LogP contribution in [0.25, 0.3) is 0 Å². The van der Waals surface area contributed by atoms with Gasteiger partial charge in [0.05, 0.1) is 0 Å². The first kappa shape index (κ1) is 83.8. The van der Waals surface area contributed by atoms with E-state index in [0.29, 0.717) is 81.2 Å². The van der Waals surface area contributed by atoms with Crippen LogP contribution in [0.4, 0.5) is 0 Å². The molecule has 5 fully saturated rings. The predicted molar refractivity (Wildman–Crippen MR) is 356 cm³/mol. The van der Waals surface area contributed by atoms with E-state index in [2.05, 4.69) is 208 Å². The minimum absolute atomic E-state index is 0.440. The Morgan fingerprint density at radius 2 is 0.227 bits per heavy atom. The summed E-state index contributed by atoms with van der Waals surface area (Å²) in [6.45, 7) is 92.5. The van der Waals surface area contributed by atoms with Crippen molar-refractivity contribution in [2.75, 3.05) is 0 Å². The summed E-state index contributed by atoms with van der Waals surface area (Å²) in [5, 5.41) is 0. The molecular weight excluding hydrogens is 901 g/mol. The van der Waals surface area contributed by atoms with Gasteiger partial charge in [0.2, 0.25) is 0 Å². The molecule has 0 nitrogen and oxygen atoms in total. The van der Waals surface area contributed by atoms with Gasteiger partial charge in [-0.25, -0.2) is 0 Å². The molecule has 75 heavy (non-hydrogen) atoms. The van der Waals surface area contributed by atoms with E-state index >= 15 is 0 Å². The van der Waals surface area contributed by atoms with Crippen molar-refractivity contribution < 1.29 is 0 Å². The zero-order chi connectivity index (χ0) is 61.6. The lowest BCUT2D eigenvalue weighted by molar-refractivity contribution is -0.100. The van der Waals surface area contributed by atoms with Gasteiger partial charge < -0.3 is 0 Å². The fourth-order valence-electron chi connectivity index (χ4n) is 17.2. The molecule has 0 bridgehead atoms. The first-order valence-electron chi connectivity index (χ1n) is 33.5. The summed E-state index contributed by atoms with van der Waals surface area (Å²) in [6.07, 6.45) is 28.7. The second-order valence-electron chi connectivity index (χ2n) is 33.9. The molecule has 0 amide bonds. The van der Waals surface area contributed by atoms with Crippen LogP contribution in [0.1, 0.15) is 405 Å². The van der Waals surface area contributed by atoms with Crippen LogP contribution in [0.3, 0.4) is 0 Å². The van der Waals surface area contributed by atoms with E-state index in [-0.39, 0.29) is 0 Å². The standard InChI is InChI=1S/C15H30.C14H28.C13H26.C12H24.C11H22.5C2H6/c1-13(2,3)15(14(4,5)6)11-9-7-8-10-12-15;1-12(2,3)14(13(4,5)6)10-8-7-9-11-14;1-11(2,3)13(12(4,5)6)9-7-8-10-13;1-10(2,3)12(8-7-9-12)11(4,5)6;1-9(2,3)11(7-8-11)10(4,5)6;5*1-2/h7-12H2,1-6H3;7-11H2,1-6H3;7-10H2,1-6H3;7-9H2,1-6H3;7-8H2,1-6H3;5*1-2H3. The summed E-state index contributed by atoms with van der Waals surface area (Å²) >= 11 is 0.